The highest BCUT2D eigenvalue weighted by atomic mass is 32.2. The van der Waals surface area contributed by atoms with Crippen LogP contribution in [-0.4, -0.2) is 27.9 Å². The Hall–Kier alpha value is -1.40. The molecule has 0 atom stereocenters. The first kappa shape index (κ1) is 13.7. The molecule has 0 aromatic heterocycles. The summed E-state index contributed by atoms with van der Waals surface area (Å²) in [5.74, 6) is 0.396. The number of rotatable bonds is 7. The molecule has 0 N–H and O–H groups in total. The molecular formula is C11H14O5S. The molecule has 0 aliphatic rings. The smallest absolute Gasteiger partial charge is 0.297 e. The van der Waals surface area contributed by atoms with Gasteiger partial charge in [0.2, 0.25) is 0 Å². The third-order valence-electron chi connectivity index (χ3n) is 1.87. The van der Waals surface area contributed by atoms with E-state index in [0.29, 0.717) is 5.75 Å². The van der Waals surface area contributed by atoms with Crippen LogP contribution in [0.4, 0.5) is 0 Å². The monoisotopic (exact) mass is 258 g/mol. The highest BCUT2D eigenvalue weighted by Crippen LogP contribution is 2.19. The van der Waals surface area contributed by atoms with E-state index >= 15 is 0 Å². The van der Waals surface area contributed by atoms with Crippen molar-refractivity contribution in [3.8, 4) is 5.75 Å². The Morgan fingerprint density at radius 3 is 2.76 bits per heavy atom. The zero-order chi connectivity index (χ0) is 12.7. The number of aldehydes is 1. The standard InChI is InChI=1S/C11H14O5S/c1-2-16-17(13,14)11-6-3-5-10(9-11)15-8-4-7-12/h3,5-7,9H,2,4,8H2,1H3. The summed E-state index contributed by atoms with van der Waals surface area (Å²) < 4.78 is 33.0. The Morgan fingerprint density at radius 1 is 1.35 bits per heavy atom. The predicted octanol–water partition coefficient (Wildman–Crippen LogP) is 1.38. The summed E-state index contributed by atoms with van der Waals surface area (Å²) in [7, 11) is -3.71. The van der Waals surface area contributed by atoms with E-state index in [-0.39, 0.29) is 24.5 Å². The topological polar surface area (TPSA) is 69.7 Å². The maximum absolute atomic E-state index is 11.6. The van der Waals surface area contributed by atoms with Gasteiger partial charge in [-0.1, -0.05) is 6.07 Å². The summed E-state index contributed by atoms with van der Waals surface area (Å²) >= 11 is 0. The van der Waals surface area contributed by atoms with Crippen molar-refractivity contribution in [2.75, 3.05) is 13.2 Å². The van der Waals surface area contributed by atoms with Crippen LogP contribution in [0.5, 0.6) is 5.75 Å². The number of ether oxygens (including phenoxy) is 1. The second-order valence-electron chi connectivity index (χ2n) is 3.14. The molecular weight excluding hydrogens is 244 g/mol. The van der Waals surface area contributed by atoms with Crippen molar-refractivity contribution in [2.45, 2.75) is 18.2 Å². The molecule has 0 saturated heterocycles. The van der Waals surface area contributed by atoms with Gasteiger partial charge in [0.1, 0.15) is 12.0 Å². The van der Waals surface area contributed by atoms with Gasteiger partial charge in [0.25, 0.3) is 10.1 Å². The Balaban J connectivity index is 2.82. The van der Waals surface area contributed by atoms with Gasteiger partial charge < -0.3 is 9.53 Å². The molecule has 0 unspecified atom stereocenters. The lowest BCUT2D eigenvalue weighted by atomic mass is 10.3. The molecule has 0 saturated carbocycles. The third kappa shape index (κ3) is 4.16. The van der Waals surface area contributed by atoms with Gasteiger partial charge in [0.05, 0.1) is 18.1 Å². The van der Waals surface area contributed by atoms with Gasteiger partial charge in [-0.05, 0) is 19.1 Å². The highest BCUT2D eigenvalue weighted by Gasteiger charge is 2.14. The van der Waals surface area contributed by atoms with Gasteiger partial charge in [-0.25, -0.2) is 0 Å². The molecule has 0 radical (unpaired) electrons. The third-order valence-corrected chi connectivity index (χ3v) is 3.25. The van der Waals surface area contributed by atoms with Crippen molar-refractivity contribution in [2.24, 2.45) is 0 Å². The lowest BCUT2D eigenvalue weighted by molar-refractivity contribution is -0.108. The maximum Gasteiger partial charge on any atom is 0.297 e. The number of hydrogen-bond acceptors (Lipinski definition) is 5. The average molecular weight is 258 g/mol. The summed E-state index contributed by atoms with van der Waals surface area (Å²) in [5, 5.41) is 0. The van der Waals surface area contributed by atoms with Gasteiger partial charge in [-0.2, -0.15) is 8.42 Å². The van der Waals surface area contributed by atoms with Crippen LogP contribution < -0.4 is 4.74 Å². The molecule has 1 aromatic carbocycles. The molecule has 5 nitrogen and oxygen atoms in total. The lowest BCUT2D eigenvalue weighted by Crippen LogP contribution is -2.06. The molecule has 6 heteroatoms. The maximum atomic E-state index is 11.6. The van der Waals surface area contributed by atoms with E-state index in [1.807, 2.05) is 0 Å². The Labute approximate surface area is 100 Å². The average Bonchev–Trinajstić information content (AvgIpc) is 2.30. The predicted molar refractivity (Wildman–Crippen MR) is 61.4 cm³/mol. The number of carbonyl (C=O) groups excluding carboxylic acids is 1. The minimum absolute atomic E-state index is 0.0444. The van der Waals surface area contributed by atoms with Gasteiger partial charge >= 0.3 is 0 Å². The molecule has 1 rings (SSSR count). The summed E-state index contributed by atoms with van der Waals surface area (Å²) in [4.78, 5) is 10.2. The SMILES string of the molecule is CCOS(=O)(=O)c1cccc(OCCC=O)c1. The number of benzene rings is 1. The van der Waals surface area contributed by atoms with Crippen molar-refractivity contribution in [1.29, 1.82) is 0 Å². The Kier molecular flexibility index (Phi) is 5.11. The molecule has 0 heterocycles. The van der Waals surface area contributed by atoms with Crippen molar-refractivity contribution in [1.82, 2.24) is 0 Å². The minimum atomic E-state index is -3.71. The second kappa shape index (κ2) is 6.36. The molecule has 0 aliphatic carbocycles. The normalized spacial score (nSPS) is 11.1. The number of hydrogen-bond donors (Lipinski definition) is 0. The van der Waals surface area contributed by atoms with E-state index in [2.05, 4.69) is 4.18 Å². The molecule has 0 bridgehead atoms. The van der Waals surface area contributed by atoms with Gasteiger partial charge in [0, 0.05) is 12.5 Å². The van der Waals surface area contributed by atoms with Crippen LogP contribution >= 0.6 is 0 Å². The quantitative estimate of drug-likeness (QED) is 0.420. The van der Waals surface area contributed by atoms with E-state index in [4.69, 9.17) is 4.74 Å². The first-order valence-corrected chi connectivity index (χ1v) is 6.57. The van der Waals surface area contributed by atoms with E-state index in [9.17, 15) is 13.2 Å². The van der Waals surface area contributed by atoms with Gasteiger partial charge in [-0.3, -0.25) is 4.18 Å². The fraction of sp³-hybridized carbons (Fsp3) is 0.364. The van der Waals surface area contributed by atoms with Crippen LogP contribution in [0, 0.1) is 0 Å². The van der Waals surface area contributed by atoms with Crippen molar-refractivity contribution in [3.05, 3.63) is 24.3 Å². The van der Waals surface area contributed by atoms with Gasteiger partial charge in [-0.15, -0.1) is 0 Å². The molecule has 0 spiro atoms. The van der Waals surface area contributed by atoms with Crippen LogP contribution in [0.15, 0.2) is 29.2 Å². The van der Waals surface area contributed by atoms with Crippen LogP contribution in [0.2, 0.25) is 0 Å². The van der Waals surface area contributed by atoms with Gasteiger partial charge in [0.15, 0.2) is 0 Å². The zero-order valence-corrected chi connectivity index (χ0v) is 10.3. The summed E-state index contributed by atoms with van der Waals surface area (Å²) in [6.45, 7) is 1.90. The zero-order valence-electron chi connectivity index (χ0n) is 9.46. The highest BCUT2D eigenvalue weighted by molar-refractivity contribution is 7.86. The fourth-order valence-corrected chi connectivity index (χ4v) is 2.12. The van der Waals surface area contributed by atoms with Crippen LogP contribution in [-0.2, 0) is 19.1 Å². The first-order chi connectivity index (χ1) is 8.10. The van der Waals surface area contributed by atoms with Crippen LogP contribution in [0.3, 0.4) is 0 Å². The molecule has 94 valence electrons. The summed E-state index contributed by atoms with van der Waals surface area (Å²) in [6, 6.07) is 5.98. The van der Waals surface area contributed by atoms with E-state index in [0.717, 1.165) is 6.29 Å². The molecule has 0 fully saturated rings. The van der Waals surface area contributed by atoms with Crippen molar-refractivity contribution in [3.63, 3.8) is 0 Å². The Bertz CT molecular complexity index is 467. The fourth-order valence-electron chi connectivity index (χ4n) is 1.17. The van der Waals surface area contributed by atoms with Crippen LogP contribution in [0.25, 0.3) is 0 Å². The molecule has 0 aliphatic heterocycles. The minimum Gasteiger partial charge on any atom is -0.493 e. The van der Waals surface area contributed by atoms with E-state index in [1.54, 1.807) is 19.1 Å². The largest absolute Gasteiger partial charge is 0.493 e. The molecule has 1 aromatic rings. The number of carbonyl (C=O) groups is 1. The summed E-state index contributed by atoms with van der Waals surface area (Å²) in [5.41, 5.74) is 0. The second-order valence-corrected chi connectivity index (χ2v) is 4.75. The molecule has 17 heavy (non-hydrogen) atoms. The van der Waals surface area contributed by atoms with E-state index < -0.39 is 10.1 Å². The lowest BCUT2D eigenvalue weighted by Gasteiger charge is -2.07. The van der Waals surface area contributed by atoms with Crippen molar-refractivity contribution < 1.29 is 22.1 Å². The van der Waals surface area contributed by atoms with E-state index in [1.165, 1.54) is 12.1 Å². The van der Waals surface area contributed by atoms with Crippen molar-refractivity contribution >= 4 is 16.4 Å². The Morgan fingerprint density at radius 2 is 2.12 bits per heavy atom. The molecule has 0 amide bonds. The summed E-state index contributed by atoms with van der Waals surface area (Å²) in [6.07, 6.45) is 1.00. The van der Waals surface area contributed by atoms with Crippen LogP contribution in [0.1, 0.15) is 13.3 Å². The first-order valence-electron chi connectivity index (χ1n) is 5.16.